The van der Waals surface area contributed by atoms with Gasteiger partial charge < -0.3 is 10.1 Å². The van der Waals surface area contributed by atoms with E-state index in [0.29, 0.717) is 22.1 Å². The first-order valence-corrected chi connectivity index (χ1v) is 7.06. The molecule has 1 aromatic rings. The van der Waals surface area contributed by atoms with Crippen LogP contribution >= 0.6 is 11.3 Å². The van der Waals surface area contributed by atoms with Crippen LogP contribution in [0.1, 0.15) is 42.4 Å². The topological polar surface area (TPSA) is 55.4 Å². The number of ether oxygens (including phenoxy) is 1. The number of carbonyl (C=O) groups excluding carboxylic acids is 2. The molecule has 0 saturated carbocycles. The summed E-state index contributed by atoms with van der Waals surface area (Å²) in [5.41, 5.74) is 1.49. The Balaban J connectivity index is 2.82. The Morgan fingerprint density at radius 3 is 2.68 bits per heavy atom. The highest BCUT2D eigenvalue weighted by Gasteiger charge is 2.16. The molecule has 5 heteroatoms. The lowest BCUT2D eigenvalue weighted by molar-refractivity contribution is -0.112. The smallest absolute Gasteiger partial charge is 0.348 e. The molecule has 0 unspecified atom stereocenters. The first-order chi connectivity index (χ1) is 8.99. The second kappa shape index (κ2) is 7.09. The normalized spacial score (nSPS) is 11.3. The van der Waals surface area contributed by atoms with Gasteiger partial charge in [-0.3, -0.25) is 4.79 Å². The molecule has 1 rings (SSSR count). The summed E-state index contributed by atoms with van der Waals surface area (Å²) >= 11 is 1.24. The predicted molar refractivity (Wildman–Crippen MR) is 77.7 cm³/mol. The molecule has 4 nitrogen and oxygen atoms in total. The van der Waals surface area contributed by atoms with Gasteiger partial charge in [0.25, 0.3) is 5.91 Å². The molecule has 0 atom stereocenters. The van der Waals surface area contributed by atoms with E-state index in [2.05, 4.69) is 5.32 Å². The Kier molecular flexibility index (Phi) is 5.76. The summed E-state index contributed by atoms with van der Waals surface area (Å²) in [6, 6.07) is 1.79. The Labute approximate surface area is 117 Å². The van der Waals surface area contributed by atoms with Gasteiger partial charge in [-0.1, -0.05) is 13.0 Å². The number of allylic oxidation sites excluding steroid dienone is 1. The lowest BCUT2D eigenvalue weighted by Crippen LogP contribution is -2.11. The Morgan fingerprint density at radius 2 is 2.11 bits per heavy atom. The van der Waals surface area contributed by atoms with E-state index in [9.17, 15) is 9.59 Å². The number of thiophene rings is 1. The molecular formula is C14H19NO3S. The van der Waals surface area contributed by atoms with Gasteiger partial charge in [0.05, 0.1) is 11.6 Å². The molecule has 0 fully saturated rings. The van der Waals surface area contributed by atoms with Crippen LogP contribution in [0.5, 0.6) is 0 Å². The first kappa shape index (κ1) is 15.4. The average molecular weight is 281 g/mol. The van der Waals surface area contributed by atoms with Gasteiger partial charge in [0.15, 0.2) is 0 Å². The van der Waals surface area contributed by atoms with Crippen molar-refractivity contribution in [3.05, 3.63) is 28.2 Å². The lowest BCUT2D eigenvalue weighted by atomic mass is 10.2. The SMILES string of the molecule is CC/C=C(\C)C(=O)Nc1cc(C)c(C(=O)OCC)s1. The van der Waals surface area contributed by atoms with Crippen molar-refractivity contribution in [3.63, 3.8) is 0 Å². The molecule has 0 aliphatic heterocycles. The van der Waals surface area contributed by atoms with Crippen LogP contribution in [-0.2, 0) is 9.53 Å². The highest BCUT2D eigenvalue weighted by atomic mass is 32.1. The molecule has 1 heterocycles. The third kappa shape index (κ3) is 4.21. The van der Waals surface area contributed by atoms with Crippen molar-refractivity contribution in [1.82, 2.24) is 0 Å². The molecule has 0 bridgehead atoms. The second-order valence-electron chi connectivity index (χ2n) is 4.09. The Bertz CT molecular complexity index is 503. The number of anilines is 1. The lowest BCUT2D eigenvalue weighted by Gasteiger charge is -2.02. The van der Waals surface area contributed by atoms with E-state index < -0.39 is 0 Å². The number of carbonyl (C=O) groups is 2. The number of esters is 1. The minimum Gasteiger partial charge on any atom is -0.462 e. The van der Waals surface area contributed by atoms with Crippen LogP contribution in [0, 0.1) is 6.92 Å². The van der Waals surface area contributed by atoms with E-state index in [-0.39, 0.29) is 11.9 Å². The average Bonchev–Trinajstić information content (AvgIpc) is 2.70. The van der Waals surface area contributed by atoms with E-state index in [1.807, 2.05) is 19.9 Å². The standard InChI is InChI=1S/C14H19NO3S/c1-5-7-9(3)13(16)15-11-8-10(4)12(19-11)14(17)18-6-2/h7-8H,5-6H2,1-4H3,(H,15,16)/b9-7+. The van der Waals surface area contributed by atoms with Crippen molar-refractivity contribution in [2.45, 2.75) is 34.1 Å². The number of rotatable bonds is 5. The van der Waals surface area contributed by atoms with Gasteiger partial charge >= 0.3 is 5.97 Å². The molecule has 1 N–H and O–H groups in total. The summed E-state index contributed by atoms with van der Waals surface area (Å²) in [6.07, 6.45) is 2.68. The maximum Gasteiger partial charge on any atom is 0.348 e. The largest absolute Gasteiger partial charge is 0.462 e. The van der Waals surface area contributed by atoms with Gasteiger partial charge in [-0.2, -0.15) is 0 Å². The summed E-state index contributed by atoms with van der Waals surface area (Å²) in [6.45, 7) is 7.68. The maximum absolute atomic E-state index is 11.8. The highest BCUT2D eigenvalue weighted by molar-refractivity contribution is 7.18. The zero-order valence-electron chi connectivity index (χ0n) is 11.7. The third-order valence-electron chi connectivity index (χ3n) is 2.48. The van der Waals surface area contributed by atoms with Crippen molar-refractivity contribution >= 4 is 28.2 Å². The summed E-state index contributed by atoms with van der Waals surface area (Å²) in [4.78, 5) is 24.0. The maximum atomic E-state index is 11.8. The molecule has 104 valence electrons. The highest BCUT2D eigenvalue weighted by Crippen LogP contribution is 2.27. The van der Waals surface area contributed by atoms with Gasteiger partial charge in [-0.05, 0) is 38.8 Å². The molecule has 0 saturated heterocycles. The molecule has 0 radical (unpaired) electrons. The Hall–Kier alpha value is -1.62. The molecule has 0 spiro atoms. The fraction of sp³-hybridized carbons (Fsp3) is 0.429. The Morgan fingerprint density at radius 1 is 1.42 bits per heavy atom. The summed E-state index contributed by atoms with van der Waals surface area (Å²) in [5.74, 6) is -0.482. The first-order valence-electron chi connectivity index (χ1n) is 6.25. The molecular weight excluding hydrogens is 262 g/mol. The van der Waals surface area contributed by atoms with Gasteiger partial charge in [0, 0.05) is 5.57 Å². The molecule has 0 aliphatic carbocycles. The zero-order chi connectivity index (χ0) is 14.4. The third-order valence-corrected chi connectivity index (χ3v) is 3.62. The molecule has 1 aromatic heterocycles. The monoisotopic (exact) mass is 281 g/mol. The van der Waals surface area contributed by atoms with Crippen molar-refractivity contribution in [2.75, 3.05) is 11.9 Å². The predicted octanol–water partition coefficient (Wildman–Crippen LogP) is 3.53. The van der Waals surface area contributed by atoms with Gasteiger partial charge in [0.2, 0.25) is 0 Å². The molecule has 1 amide bonds. The van der Waals surface area contributed by atoms with Crippen LogP contribution in [0.3, 0.4) is 0 Å². The number of aryl methyl sites for hydroxylation is 1. The second-order valence-corrected chi connectivity index (χ2v) is 5.14. The number of hydrogen-bond donors (Lipinski definition) is 1. The fourth-order valence-corrected chi connectivity index (χ4v) is 2.51. The summed E-state index contributed by atoms with van der Waals surface area (Å²) in [5, 5.41) is 3.45. The summed E-state index contributed by atoms with van der Waals surface area (Å²) < 4.78 is 4.96. The van der Waals surface area contributed by atoms with Crippen molar-refractivity contribution in [1.29, 1.82) is 0 Å². The minimum absolute atomic E-state index is 0.140. The van der Waals surface area contributed by atoms with E-state index in [1.165, 1.54) is 11.3 Å². The summed E-state index contributed by atoms with van der Waals surface area (Å²) in [7, 11) is 0. The number of amides is 1. The number of hydrogen-bond acceptors (Lipinski definition) is 4. The van der Waals surface area contributed by atoms with E-state index in [1.54, 1.807) is 19.9 Å². The number of nitrogens with one attached hydrogen (secondary N) is 1. The van der Waals surface area contributed by atoms with Gasteiger partial charge in [-0.25, -0.2) is 4.79 Å². The van der Waals surface area contributed by atoms with Crippen LogP contribution < -0.4 is 5.32 Å². The van der Waals surface area contributed by atoms with Crippen molar-refractivity contribution < 1.29 is 14.3 Å². The zero-order valence-corrected chi connectivity index (χ0v) is 12.5. The van der Waals surface area contributed by atoms with E-state index >= 15 is 0 Å². The van der Waals surface area contributed by atoms with Crippen LogP contribution in [0.25, 0.3) is 0 Å². The van der Waals surface area contributed by atoms with Crippen LogP contribution in [0.15, 0.2) is 17.7 Å². The molecule has 0 aromatic carbocycles. The van der Waals surface area contributed by atoms with Gasteiger partial charge in [0.1, 0.15) is 4.88 Å². The van der Waals surface area contributed by atoms with E-state index in [4.69, 9.17) is 4.74 Å². The van der Waals surface area contributed by atoms with Crippen molar-refractivity contribution in [2.24, 2.45) is 0 Å². The fourth-order valence-electron chi connectivity index (χ4n) is 1.55. The minimum atomic E-state index is -0.341. The molecule has 0 aliphatic rings. The quantitative estimate of drug-likeness (QED) is 0.663. The van der Waals surface area contributed by atoms with Crippen LogP contribution in [0.2, 0.25) is 0 Å². The van der Waals surface area contributed by atoms with Crippen LogP contribution in [0.4, 0.5) is 5.00 Å². The van der Waals surface area contributed by atoms with Crippen LogP contribution in [-0.4, -0.2) is 18.5 Å². The van der Waals surface area contributed by atoms with Gasteiger partial charge in [-0.15, -0.1) is 11.3 Å². The van der Waals surface area contributed by atoms with Crippen molar-refractivity contribution in [3.8, 4) is 0 Å². The van der Waals surface area contributed by atoms with E-state index in [0.717, 1.165) is 12.0 Å². The molecule has 19 heavy (non-hydrogen) atoms.